The van der Waals surface area contributed by atoms with E-state index in [0.717, 1.165) is 0 Å². The van der Waals surface area contributed by atoms with Crippen LogP contribution in [0.15, 0.2) is 47.4 Å². The molecule has 0 aromatic heterocycles. The molecule has 2 aromatic rings. The fraction of sp³-hybridized carbons (Fsp3) is 0.133. The minimum absolute atomic E-state index is 0.0717. The molecule has 0 bridgehead atoms. The largest absolute Gasteiger partial charge is 0.497 e. The van der Waals surface area contributed by atoms with Crippen LogP contribution in [0.25, 0.3) is 0 Å². The summed E-state index contributed by atoms with van der Waals surface area (Å²) in [6.45, 7) is 0. The van der Waals surface area contributed by atoms with Crippen molar-refractivity contribution in [1.29, 1.82) is 0 Å². The molecule has 0 unspecified atom stereocenters. The number of anilines is 2. The van der Waals surface area contributed by atoms with Crippen molar-refractivity contribution >= 4 is 27.4 Å². The number of carbonyl (C=O) groups is 1. The summed E-state index contributed by atoms with van der Waals surface area (Å²) in [7, 11) is -1.12. The molecule has 8 nitrogen and oxygen atoms in total. The second kappa shape index (κ2) is 7.09. The highest BCUT2D eigenvalue weighted by molar-refractivity contribution is 7.92. The van der Waals surface area contributed by atoms with E-state index in [2.05, 4.69) is 10.0 Å². The third-order valence-electron chi connectivity index (χ3n) is 3.04. The van der Waals surface area contributed by atoms with E-state index in [1.54, 1.807) is 18.2 Å². The van der Waals surface area contributed by atoms with Crippen molar-refractivity contribution in [3.8, 4) is 11.5 Å². The van der Waals surface area contributed by atoms with Gasteiger partial charge in [0.25, 0.3) is 10.0 Å². The van der Waals surface area contributed by atoms with Gasteiger partial charge in [0, 0.05) is 11.8 Å². The molecule has 0 atom stereocenters. The Morgan fingerprint density at radius 2 is 1.75 bits per heavy atom. The van der Waals surface area contributed by atoms with Crippen LogP contribution in [0.1, 0.15) is 0 Å². The van der Waals surface area contributed by atoms with Gasteiger partial charge in [-0.15, -0.1) is 0 Å². The van der Waals surface area contributed by atoms with E-state index in [4.69, 9.17) is 15.2 Å². The van der Waals surface area contributed by atoms with Crippen LogP contribution in [-0.4, -0.2) is 28.7 Å². The lowest BCUT2D eigenvalue weighted by Crippen LogP contribution is -2.19. The summed E-state index contributed by atoms with van der Waals surface area (Å²) in [5.74, 6) is 0.551. The normalized spacial score (nSPS) is 10.8. The van der Waals surface area contributed by atoms with Gasteiger partial charge in [0.05, 0.1) is 19.9 Å². The number of nitrogens with one attached hydrogen (secondary N) is 2. The van der Waals surface area contributed by atoms with E-state index in [9.17, 15) is 13.2 Å². The number of ether oxygens (including phenoxy) is 2. The number of rotatable bonds is 6. The number of nitrogens with two attached hydrogens (primary N) is 1. The zero-order chi connectivity index (χ0) is 17.7. The standard InChI is InChI=1S/C15H17N3O5S/c1-22-12-6-7-13(23-2)14(9-12)24(20,21)18-11-5-3-4-10(8-11)17-15(16)19/h3-9,18H,1-2H3,(H3,16,17,19). The number of methoxy groups -OCH3 is 2. The first-order chi connectivity index (χ1) is 11.4. The van der Waals surface area contributed by atoms with Gasteiger partial charge in [-0.25, -0.2) is 13.2 Å². The minimum atomic E-state index is -3.93. The molecule has 2 aromatic carbocycles. The Kier molecular flexibility index (Phi) is 5.14. The van der Waals surface area contributed by atoms with Crippen LogP contribution in [0.4, 0.5) is 16.2 Å². The predicted octanol–water partition coefficient (Wildman–Crippen LogP) is 2.00. The quantitative estimate of drug-likeness (QED) is 0.735. The maximum Gasteiger partial charge on any atom is 0.316 e. The van der Waals surface area contributed by atoms with Crippen LogP contribution in [0.3, 0.4) is 0 Å². The summed E-state index contributed by atoms with van der Waals surface area (Å²) in [4.78, 5) is 10.8. The molecule has 24 heavy (non-hydrogen) atoms. The van der Waals surface area contributed by atoms with E-state index in [1.807, 2.05) is 0 Å². The maximum atomic E-state index is 12.6. The first-order valence-electron chi connectivity index (χ1n) is 6.77. The van der Waals surface area contributed by atoms with Crippen LogP contribution in [0, 0.1) is 0 Å². The van der Waals surface area contributed by atoms with E-state index >= 15 is 0 Å². The molecule has 128 valence electrons. The molecule has 2 rings (SSSR count). The maximum absolute atomic E-state index is 12.6. The van der Waals surface area contributed by atoms with Gasteiger partial charge in [0.15, 0.2) is 0 Å². The van der Waals surface area contributed by atoms with Gasteiger partial charge in [-0.1, -0.05) is 6.07 Å². The van der Waals surface area contributed by atoms with Crippen molar-refractivity contribution in [3.63, 3.8) is 0 Å². The molecule has 0 aliphatic carbocycles. The number of hydrogen-bond acceptors (Lipinski definition) is 5. The van der Waals surface area contributed by atoms with Gasteiger partial charge < -0.3 is 20.5 Å². The molecule has 0 aliphatic heterocycles. The second-order valence-electron chi connectivity index (χ2n) is 4.69. The summed E-state index contributed by atoms with van der Waals surface area (Å²) >= 11 is 0. The Bertz CT molecular complexity index is 852. The number of sulfonamides is 1. The molecular weight excluding hydrogens is 334 g/mol. The topological polar surface area (TPSA) is 120 Å². The van der Waals surface area contributed by atoms with Gasteiger partial charge in [0.2, 0.25) is 0 Å². The van der Waals surface area contributed by atoms with Crippen LogP contribution < -0.4 is 25.2 Å². The van der Waals surface area contributed by atoms with Crippen LogP contribution in [0.2, 0.25) is 0 Å². The first kappa shape index (κ1) is 17.4. The molecule has 0 spiro atoms. The number of carbonyl (C=O) groups excluding carboxylic acids is 1. The molecule has 9 heteroatoms. The Hall–Kier alpha value is -2.94. The van der Waals surface area contributed by atoms with E-state index in [-0.39, 0.29) is 16.3 Å². The van der Waals surface area contributed by atoms with Crippen molar-refractivity contribution < 1.29 is 22.7 Å². The van der Waals surface area contributed by atoms with Crippen molar-refractivity contribution in [3.05, 3.63) is 42.5 Å². The van der Waals surface area contributed by atoms with Crippen molar-refractivity contribution in [2.45, 2.75) is 4.90 Å². The summed E-state index contributed by atoms with van der Waals surface area (Å²) in [6, 6.07) is 9.83. The Morgan fingerprint density at radius 1 is 1.04 bits per heavy atom. The molecule has 0 radical (unpaired) electrons. The van der Waals surface area contributed by atoms with Crippen LogP contribution in [0.5, 0.6) is 11.5 Å². The summed E-state index contributed by atoms with van der Waals surface area (Å²) in [5, 5.41) is 2.37. The minimum Gasteiger partial charge on any atom is -0.497 e. The molecule has 0 saturated heterocycles. The fourth-order valence-electron chi connectivity index (χ4n) is 2.01. The summed E-state index contributed by atoms with van der Waals surface area (Å²) in [6.07, 6.45) is 0. The van der Waals surface area contributed by atoms with Crippen molar-refractivity contribution in [2.24, 2.45) is 5.73 Å². The molecular formula is C15H17N3O5S. The predicted molar refractivity (Wildman–Crippen MR) is 90.0 cm³/mol. The molecule has 4 N–H and O–H groups in total. The third-order valence-corrected chi connectivity index (χ3v) is 4.45. The molecule has 0 heterocycles. The van der Waals surface area contributed by atoms with Crippen molar-refractivity contribution in [1.82, 2.24) is 0 Å². The Balaban J connectivity index is 2.37. The summed E-state index contributed by atoms with van der Waals surface area (Å²) < 4.78 is 37.8. The number of amides is 2. The van der Waals surface area contributed by atoms with Gasteiger partial charge >= 0.3 is 6.03 Å². The lowest BCUT2D eigenvalue weighted by atomic mass is 10.3. The lowest BCUT2D eigenvalue weighted by Gasteiger charge is -2.13. The number of benzene rings is 2. The van der Waals surface area contributed by atoms with Gasteiger partial charge in [-0.3, -0.25) is 4.72 Å². The zero-order valence-corrected chi connectivity index (χ0v) is 13.9. The first-order valence-corrected chi connectivity index (χ1v) is 8.25. The SMILES string of the molecule is COc1ccc(OC)c(S(=O)(=O)Nc2cccc(NC(N)=O)c2)c1. The smallest absolute Gasteiger partial charge is 0.316 e. The highest BCUT2D eigenvalue weighted by Gasteiger charge is 2.21. The number of hydrogen-bond donors (Lipinski definition) is 3. The highest BCUT2D eigenvalue weighted by atomic mass is 32.2. The average Bonchev–Trinajstić information content (AvgIpc) is 2.53. The lowest BCUT2D eigenvalue weighted by molar-refractivity contribution is 0.259. The Morgan fingerprint density at radius 3 is 2.38 bits per heavy atom. The Labute approximate surface area is 139 Å². The monoisotopic (exact) mass is 351 g/mol. The van der Waals surface area contributed by atoms with Gasteiger partial charge in [0.1, 0.15) is 16.4 Å². The van der Waals surface area contributed by atoms with E-state index in [1.165, 1.54) is 38.5 Å². The number of primary amides is 1. The fourth-order valence-corrected chi connectivity index (χ4v) is 3.24. The highest BCUT2D eigenvalue weighted by Crippen LogP contribution is 2.30. The molecule has 0 saturated carbocycles. The van der Waals surface area contributed by atoms with E-state index < -0.39 is 16.1 Å². The number of urea groups is 1. The van der Waals surface area contributed by atoms with Crippen LogP contribution >= 0.6 is 0 Å². The third kappa shape index (κ3) is 4.07. The van der Waals surface area contributed by atoms with E-state index in [0.29, 0.717) is 11.4 Å². The molecule has 0 aliphatic rings. The van der Waals surface area contributed by atoms with Gasteiger partial charge in [-0.05, 0) is 30.3 Å². The van der Waals surface area contributed by atoms with Crippen LogP contribution in [-0.2, 0) is 10.0 Å². The summed E-state index contributed by atoms with van der Waals surface area (Å²) in [5.41, 5.74) is 5.66. The molecule has 2 amide bonds. The zero-order valence-electron chi connectivity index (χ0n) is 13.1. The van der Waals surface area contributed by atoms with Crippen molar-refractivity contribution in [2.75, 3.05) is 24.3 Å². The average molecular weight is 351 g/mol. The van der Waals surface area contributed by atoms with Gasteiger partial charge in [-0.2, -0.15) is 0 Å². The molecule has 0 fully saturated rings. The second-order valence-corrected chi connectivity index (χ2v) is 6.34.